The minimum atomic E-state index is -1.57. The van der Waals surface area contributed by atoms with Crippen molar-refractivity contribution >= 4 is 22.4 Å². The summed E-state index contributed by atoms with van der Waals surface area (Å²) in [4.78, 5) is 25.9. The first-order chi connectivity index (χ1) is 10.6. The number of carbonyl (C=O) groups is 2. The van der Waals surface area contributed by atoms with E-state index in [4.69, 9.17) is 0 Å². The van der Waals surface area contributed by atoms with Gasteiger partial charge in [-0.05, 0) is 37.3 Å². The second-order valence-electron chi connectivity index (χ2n) is 6.36. The Kier molecular flexibility index (Phi) is 3.05. The first-order valence-corrected chi connectivity index (χ1v) is 8.68. The summed E-state index contributed by atoms with van der Waals surface area (Å²) in [5.74, 6) is -0.308. The van der Waals surface area contributed by atoms with Crippen LogP contribution in [0.15, 0.2) is 52.3 Å². The van der Waals surface area contributed by atoms with Gasteiger partial charge in [0.15, 0.2) is 11.6 Å². The molecular weight excluding hydrogens is 296 g/mol. The van der Waals surface area contributed by atoms with Crippen molar-refractivity contribution in [1.82, 2.24) is 0 Å². The fourth-order valence-corrected chi connectivity index (χ4v) is 5.14. The van der Waals surface area contributed by atoms with Crippen molar-refractivity contribution in [2.45, 2.75) is 18.2 Å². The molecule has 3 aliphatic rings. The molecule has 0 radical (unpaired) electrons. The van der Waals surface area contributed by atoms with Gasteiger partial charge >= 0.3 is 0 Å². The van der Waals surface area contributed by atoms with E-state index in [1.54, 1.807) is 12.1 Å². The van der Waals surface area contributed by atoms with Gasteiger partial charge < -0.3 is 0 Å². The number of carbonyl (C=O) groups excluding carboxylic acids is 2. The maximum atomic E-state index is 12.8. The molecule has 0 amide bonds. The van der Waals surface area contributed by atoms with E-state index in [0.29, 0.717) is 4.90 Å². The molecule has 4 heteroatoms. The first-order valence-electron chi connectivity index (χ1n) is 7.53. The van der Waals surface area contributed by atoms with Crippen LogP contribution in [0.1, 0.15) is 12.0 Å². The topological polar surface area (TPSA) is 51.2 Å². The normalized spacial score (nSPS) is 33.8. The van der Waals surface area contributed by atoms with Crippen LogP contribution in [0.3, 0.4) is 0 Å². The quantitative estimate of drug-likeness (QED) is 0.789. The van der Waals surface area contributed by atoms with Crippen LogP contribution in [0, 0.1) is 30.6 Å². The lowest BCUT2D eigenvalue weighted by Gasteiger charge is -2.29. The molecule has 0 heterocycles. The summed E-state index contributed by atoms with van der Waals surface area (Å²) in [7, 11) is -1.57. The highest BCUT2D eigenvalue weighted by Gasteiger charge is 2.53. The Balaban J connectivity index is 1.71. The van der Waals surface area contributed by atoms with Gasteiger partial charge in [0.05, 0.1) is 15.7 Å². The lowest BCUT2D eigenvalue weighted by molar-refractivity contribution is -0.129. The van der Waals surface area contributed by atoms with Crippen LogP contribution in [0.4, 0.5) is 0 Å². The summed E-state index contributed by atoms with van der Waals surface area (Å²) in [5.41, 5.74) is 1.07. The van der Waals surface area contributed by atoms with Crippen molar-refractivity contribution in [1.29, 1.82) is 0 Å². The average Bonchev–Trinajstić information content (AvgIpc) is 3.12. The number of benzene rings is 1. The highest BCUT2D eigenvalue weighted by Crippen LogP contribution is 2.51. The standard InChI is InChI=1S/C18H16O3S/c1-10-2-6-13(7-3-10)22(21)15-9-14(19)16-11-4-5-12(8-11)17(16)18(15)20/h2-7,9,11-12,16-17H,8H2,1H3/t11-,12+,16+,17+,22?/m0/s1. The lowest BCUT2D eigenvalue weighted by atomic mass is 9.75. The summed E-state index contributed by atoms with van der Waals surface area (Å²) >= 11 is 0. The molecule has 1 aromatic rings. The van der Waals surface area contributed by atoms with Gasteiger partial charge in [-0.25, -0.2) is 4.21 Å². The maximum Gasteiger partial charge on any atom is 0.176 e. The third-order valence-electron chi connectivity index (χ3n) is 5.04. The number of rotatable bonds is 2. The van der Waals surface area contributed by atoms with Crippen molar-refractivity contribution in [3.05, 3.63) is 53.0 Å². The molecule has 1 aromatic carbocycles. The van der Waals surface area contributed by atoms with Gasteiger partial charge in [-0.15, -0.1) is 0 Å². The summed E-state index contributed by atoms with van der Waals surface area (Å²) < 4.78 is 12.7. The molecule has 1 fully saturated rings. The van der Waals surface area contributed by atoms with Crippen molar-refractivity contribution in [3.8, 4) is 0 Å². The number of aryl methyl sites for hydroxylation is 1. The van der Waals surface area contributed by atoms with Crippen molar-refractivity contribution in [3.63, 3.8) is 0 Å². The summed E-state index contributed by atoms with van der Waals surface area (Å²) in [6.07, 6.45) is 6.33. The number of ketones is 2. The summed E-state index contributed by atoms with van der Waals surface area (Å²) in [5, 5.41) is 0. The maximum absolute atomic E-state index is 12.8. The van der Waals surface area contributed by atoms with Crippen molar-refractivity contribution in [2.75, 3.05) is 0 Å². The minimum absolute atomic E-state index is 0.0306. The van der Waals surface area contributed by atoms with Crippen molar-refractivity contribution < 1.29 is 13.8 Å². The Morgan fingerprint density at radius 3 is 2.32 bits per heavy atom. The van der Waals surface area contributed by atoms with E-state index in [1.165, 1.54) is 6.08 Å². The van der Waals surface area contributed by atoms with Crippen LogP contribution in [-0.2, 0) is 20.4 Å². The van der Waals surface area contributed by atoms with E-state index in [2.05, 4.69) is 12.2 Å². The molecule has 5 atom stereocenters. The van der Waals surface area contributed by atoms with E-state index in [0.717, 1.165) is 12.0 Å². The van der Waals surface area contributed by atoms with E-state index in [9.17, 15) is 13.8 Å². The monoisotopic (exact) mass is 312 g/mol. The summed E-state index contributed by atoms with van der Waals surface area (Å²) in [6, 6.07) is 7.26. The van der Waals surface area contributed by atoms with E-state index >= 15 is 0 Å². The second kappa shape index (κ2) is 4.85. The minimum Gasteiger partial charge on any atom is -0.294 e. The Hall–Kier alpha value is -1.81. The molecule has 3 nitrogen and oxygen atoms in total. The van der Waals surface area contributed by atoms with Crippen LogP contribution in [-0.4, -0.2) is 15.8 Å². The Morgan fingerprint density at radius 1 is 1.00 bits per heavy atom. The molecule has 0 N–H and O–H groups in total. The van der Waals surface area contributed by atoms with Crippen LogP contribution < -0.4 is 0 Å². The first kappa shape index (κ1) is 13.8. The second-order valence-corrected chi connectivity index (χ2v) is 7.81. The molecule has 1 unspecified atom stereocenters. The molecule has 0 aliphatic heterocycles. The zero-order valence-corrected chi connectivity index (χ0v) is 13.0. The number of fused-ring (bicyclic) bond motifs is 5. The third kappa shape index (κ3) is 1.90. The van der Waals surface area contributed by atoms with E-state index in [1.807, 2.05) is 19.1 Å². The smallest absolute Gasteiger partial charge is 0.176 e. The zero-order valence-electron chi connectivity index (χ0n) is 12.2. The highest BCUT2D eigenvalue weighted by molar-refractivity contribution is 7.90. The van der Waals surface area contributed by atoms with Gasteiger partial charge in [0.25, 0.3) is 0 Å². The molecule has 22 heavy (non-hydrogen) atoms. The van der Waals surface area contributed by atoms with Crippen LogP contribution in [0.25, 0.3) is 0 Å². The molecule has 1 saturated carbocycles. The SMILES string of the molecule is Cc1ccc(S(=O)C2=CC(=O)[C@@H]3[C@H](C2=O)[C@@H]2C=C[C@H]3C2)cc1. The van der Waals surface area contributed by atoms with Gasteiger partial charge in [-0.1, -0.05) is 29.8 Å². The fraction of sp³-hybridized carbons (Fsp3) is 0.333. The van der Waals surface area contributed by atoms with Gasteiger partial charge in [-0.2, -0.15) is 0 Å². The predicted molar refractivity (Wildman–Crippen MR) is 83.4 cm³/mol. The molecule has 112 valence electrons. The van der Waals surface area contributed by atoms with E-state index in [-0.39, 0.29) is 40.1 Å². The van der Waals surface area contributed by atoms with Crippen LogP contribution in [0.2, 0.25) is 0 Å². The van der Waals surface area contributed by atoms with Gasteiger partial charge in [0.2, 0.25) is 0 Å². The van der Waals surface area contributed by atoms with Crippen molar-refractivity contribution in [2.24, 2.45) is 23.7 Å². The highest BCUT2D eigenvalue weighted by atomic mass is 32.2. The molecular formula is C18H16O3S. The lowest BCUT2D eigenvalue weighted by Crippen LogP contribution is -2.38. The molecule has 4 rings (SSSR count). The Morgan fingerprint density at radius 2 is 1.64 bits per heavy atom. The Labute approximate surface area is 131 Å². The third-order valence-corrected chi connectivity index (χ3v) is 6.46. The van der Waals surface area contributed by atoms with Crippen LogP contribution in [0.5, 0.6) is 0 Å². The predicted octanol–water partition coefficient (Wildman–Crippen LogP) is 2.58. The molecule has 0 saturated heterocycles. The zero-order chi connectivity index (χ0) is 15.4. The van der Waals surface area contributed by atoms with Gasteiger partial charge in [-0.3, -0.25) is 9.59 Å². The molecule has 3 aliphatic carbocycles. The molecule has 0 spiro atoms. The molecule has 2 bridgehead atoms. The largest absolute Gasteiger partial charge is 0.294 e. The van der Waals surface area contributed by atoms with Gasteiger partial charge in [0.1, 0.15) is 0 Å². The molecule has 0 aromatic heterocycles. The fourth-order valence-electron chi connectivity index (χ4n) is 3.96. The number of hydrogen-bond acceptors (Lipinski definition) is 3. The summed E-state index contributed by atoms with van der Waals surface area (Å²) in [6.45, 7) is 1.95. The number of hydrogen-bond donors (Lipinski definition) is 0. The average molecular weight is 312 g/mol. The number of allylic oxidation sites excluding steroid dienone is 4. The van der Waals surface area contributed by atoms with Crippen LogP contribution >= 0.6 is 0 Å². The Bertz CT molecular complexity index is 757. The van der Waals surface area contributed by atoms with E-state index < -0.39 is 10.8 Å². The van der Waals surface area contributed by atoms with Gasteiger partial charge in [0, 0.05) is 22.8 Å². The number of Topliss-reactive ketones (excluding diaryl/α,β-unsaturated/α-hetero) is 1.